The Morgan fingerprint density at radius 2 is 1.82 bits per heavy atom. The van der Waals surface area contributed by atoms with Crippen LogP contribution in [-0.4, -0.2) is 63.7 Å². The van der Waals surface area contributed by atoms with Crippen LogP contribution in [0.4, 0.5) is 4.39 Å². The number of hydrogen-bond donors (Lipinski definition) is 1. The van der Waals surface area contributed by atoms with Gasteiger partial charge in [-0.05, 0) is 68.9 Å². The van der Waals surface area contributed by atoms with E-state index in [1.807, 2.05) is 21.8 Å². The van der Waals surface area contributed by atoms with Crippen LogP contribution in [0.3, 0.4) is 0 Å². The van der Waals surface area contributed by atoms with Crippen molar-refractivity contribution >= 4 is 16.9 Å². The second-order valence-corrected chi connectivity index (χ2v) is 10.5. The van der Waals surface area contributed by atoms with Gasteiger partial charge in [-0.25, -0.2) is 14.1 Å². The van der Waals surface area contributed by atoms with Gasteiger partial charge in [0.2, 0.25) is 5.91 Å². The van der Waals surface area contributed by atoms with Gasteiger partial charge in [0.25, 0.3) is 5.56 Å². The fourth-order valence-corrected chi connectivity index (χ4v) is 5.79. The van der Waals surface area contributed by atoms with Crippen LogP contribution in [0, 0.1) is 11.7 Å². The highest BCUT2D eigenvalue weighted by Gasteiger charge is 2.37. The van der Waals surface area contributed by atoms with Gasteiger partial charge in [-0.1, -0.05) is 0 Å². The first kappa shape index (κ1) is 24.5. The van der Waals surface area contributed by atoms with Crippen LogP contribution in [-0.2, 0) is 11.3 Å². The number of carbonyl (C=O) groups excluding carboxylic acids is 1. The number of carbonyl (C=O) groups is 1. The molecule has 3 aromatic heterocycles. The summed E-state index contributed by atoms with van der Waals surface area (Å²) >= 11 is 0. The lowest BCUT2D eigenvalue weighted by Gasteiger charge is -2.40. The molecule has 6 rings (SSSR count). The Morgan fingerprint density at radius 3 is 2.50 bits per heavy atom. The molecular formula is C27H30FN7O3. The number of halogens is 1. The summed E-state index contributed by atoms with van der Waals surface area (Å²) in [7, 11) is 0. The molecule has 2 aliphatic rings. The summed E-state index contributed by atoms with van der Waals surface area (Å²) in [6.45, 7) is 1.01. The first-order chi connectivity index (χ1) is 18.4. The van der Waals surface area contributed by atoms with Crippen LogP contribution in [0.15, 0.2) is 60.0 Å². The van der Waals surface area contributed by atoms with Crippen molar-refractivity contribution in [3.05, 3.63) is 71.4 Å². The van der Waals surface area contributed by atoms with Crippen molar-refractivity contribution in [3.63, 3.8) is 0 Å². The summed E-state index contributed by atoms with van der Waals surface area (Å²) in [5.41, 5.74) is -0.450. The second kappa shape index (κ2) is 9.79. The topological polar surface area (TPSA) is 111 Å². The van der Waals surface area contributed by atoms with Gasteiger partial charge >= 0.3 is 0 Å². The standard InChI is InChI=1S/C27H30FN7O3/c28-20-4-8-22(9-5-20)35-24-23(16-31-35)26(37)33(18-29-24)17-27(38)10-14-32(15-11-27)25(36)19-2-6-21(7-3-19)34-13-1-12-30-34/h1,4-5,8-9,12-13,16,18-19,21,38H,2-3,6-7,10-11,14-15,17H2/t19-,21-. The van der Waals surface area contributed by atoms with E-state index in [1.54, 1.807) is 18.3 Å². The highest BCUT2D eigenvalue weighted by molar-refractivity contribution is 5.79. The number of fused-ring (bicyclic) bond motifs is 1. The van der Waals surface area contributed by atoms with Gasteiger partial charge < -0.3 is 10.0 Å². The molecule has 2 fully saturated rings. The fraction of sp³-hybridized carbons (Fsp3) is 0.444. The number of likely N-dealkylation sites (tertiary alicyclic amines) is 1. The van der Waals surface area contributed by atoms with Gasteiger partial charge in [-0.15, -0.1) is 0 Å². The van der Waals surface area contributed by atoms with E-state index >= 15 is 0 Å². The normalized spacial score (nSPS) is 21.6. The average Bonchev–Trinajstić information content (AvgIpc) is 3.62. The van der Waals surface area contributed by atoms with Crippen molar-refractivity contribution in [2.45, 2.75) is 56.7 Å². The number of benzene rings is 1. The molecule has 11 heteroatoms. The van der Waals surface area contributed by atoms with Crippen molar-refractivity contribution in [2.24, 2.45) is 5.92 Å². The number of hydrogen-bond acceptors (Lipinski definition) is 6. The molecule has 0 bridgehead atoms. The van der Waals surface area contributed by atoms with Crippen LogP contribution in [0.5, 0.6) is 0 Å². The van der Waals surface area contributed by atoms with E-state index in [0.29, 0.717) is 48.7 Å². The number of aliphatic hydroxyl groups is 1. The van der Waals surface area contributed by atoms with E-state index in [0.717, 1.165) is 25.7 Å². The summed E-state index contributed by atoms with van der Waals surface area (Å²) in [5.74, 6) is -0.182. The first-order valence-corrected chi connectivity index (χ1v) is 13.1. The maximum Gasteiger partial charge on any atom is 0.264 e. The Morgan fingerprint density at radius 1 is 1.08 bits per heavy atom. The molecule has 0 radical (unpaired) electrons. The molecule has 38 heavy (non-hydrogen) atoms. The summed E-state index contributed by atoms with van der Waals surface area (Å²) < 4.78 is 18.2. The predicted octanol–water partition coefficient (Wildman–Crippen LogP) is 2.70. The zero-order valence-corrected chi connectivity index (χ0v) is 21.0. The number of aromatic nitrogens is 6. The predicted molar refractivity (Wildman–Crippen MR) is 137 cm³/mol. The van der Waals surface area contributed by atoms with Crippen LogP contribution in [0.25, 0.3) is 16.7 Å². The lowest BCUT2D eigenvalue weighted by molar-refractivity contribution is -0.141. The molecule has 1 saturated carbocycles. The molecule has 1 aliphatic carbocycles. The SMILES string of the molecule is O=c1c2cnn(-c3ccc(F)cc3)c2ncn1CC1(O)CCN(C(=O)[C@H]2CC[C@H](n3cccn3)CC2)CC1. The third-order valence-corrected chi connectivity index (χ3v) is 8.04. The maximum absolute atomic E-state index is 13.3. The van der Waals surface area contributed by atoms with Gasteiger partial charge in [0.05, 0.1) is 30.1 Å². The Hall–Kier alpha value is -3.86. The average molecular weight is 520 g/mol. The van der Waals surface area contributed by atoms with Gasteiger partial charge in [-0.3, -0.25) is 18.8 Å². The van der Waals surface area contributed by atoms with E-state index in [2.05, 4.69) is 15.2 Å². The Balaban J connectivity index is 1.09. The van der Waals surface area contributed by atoms with Crippen molar-refractivity contribution in [3.8, 4) is 5.69 Å². The summed E-state index contributed by atoms with van der Waals surface area (Å²) in [4.78, 5) is 32.6. The summed E-state index contributed by atoms with van der Waals surface area (Å²) in [6, 6.07) is 8.06. The minimum atomic E-state index is -1.11. The number of rotatable bonds is 5. The van der Waals surface area contributed by atoms with E-state index in [9.17, 15) is 19.1 Å². The molecule has 0 atom stereocenters. The Kier molecular flexibility index (Phi) is 6.30. The largest absolute Gasteiger partial charge is 0.388 e. The minimum absolute atomic E-state index is 0.0138. The molecule has 1 aromatic carbocycles. The molecule has 10 nitrogen and oxygen atoms in total. The van der Waals surface area contributed by atoms with Gasteiger partial charge in [0.1, 0.15) is 17.5 Å². The lowest BCUT2D eigenvalue weighted by Crippen LogP contribution is -2.51. The third kappa shape index (κ3) is 4.62. The summed E-state index contributed by atoms with van der Waals surface area (Å²) in [5, 5.41) is 20.2. The molecule has 1 amide bonds. The minimum Gasteiger partial charge on any atom is -0.388 e. The van der Waals surface area contributed by atoms with Crippen LogP contribution >= 0.6 is 0 Å². The number of amides is 1. The maximum atomic E-state index is 13.3. The number of piperidine rings is 1. The van der Waals surface area contributed by atoms with Crippen LogP contribution in [0.2, 0.25) is 0 Å². The van der Waals surface area contributed by atoms with Crippen molar-refractivity contribution in [2.75, 3.05) is 13.1 Å². The molecule has 4 aromatic rings. The van der Waals surface area contributed by atoms with Crippen molar-refractivity contribution in [1.82, 2.24) is 34.0 Å². The molecule has 198 valence electrons. The van der Waals surface area contributed by atoms with E-state index in [4.69, 9.17) is 0 Å². The van der Waals surface area contributed by atoms with Gasteiger partial charge in [0, 0.05) is 31.4 Å². The molecule has 4 heterocycles. The summed E-state index contributed by atoms with van der Waals surface area (Å²) in [6.07, 6.45) is 11.0. The zero-order chi connectivity index (χ0) is 26.3. The molecular weight excluding hydrogens is 489 g/mol. The number of nitrogens with zero attached hydrogens (tertiary/aromatic N) is 7. The highest BCUT2D eigenvalue weighted by Crippen LogP contribution is 2.34. The third-order valence-electron chi connectivity index (χ3n) is 8.04. The smallest absolute Gasteiger partial charge is 0.264 e. The van der Waals surface area contributed by atoms with Gasteiger partial charge in [0.15, 0.2) is 5.65 Å². The second-order valence-electron chi connectivity index (χ2n) is 10.5. The zero-order valence-electron chi connectivity index (χ0n) is 21.0. The Bertz CT molecular complexity index is 1480. The van der Waals surface area contributed by atoms with Gasteiger partial charge in [-0.2, -0.15) is 10.2 Å². The van der Waals surface area contributed by atoms with E-state index in [-0.39, 0.29) is 29.7 Å². The fourth-order valence-electron chi connectivity index (χ4n) is 5.79. The van der Waals surface area contributed by atoms with Crippen LogP contribution in [0.1, 0.15) is 44.6 Å². The molecule has 1 N–H and O–H groups in total. The quantitative estimate of drug-likeness (QED) is 0.434. The van der Waals surface area contributed by atoms with E-state index in [1.165, 1.54) is 33.9 Å². The first-order valence-electron chi connectivity index (χ1n) is 13.1. The highest BCUT2D eigenvalue weighted by atomic mass is 19.1. The molecule has 0 unspecified atom stereocenters. The van der Waals surface area contributed by atoms with Crippen molar-refractivity contribution < 1.29 is 14.3 Å². The lowest BCUT2D eigenvalue weighted by atomic mass is 9.84. The van der Waals surface area contributed by atoms with E-state index < -0.39 is 5.60 Å². The van der Waals surface area contributed by atoms with Crippen molar-refractivity contribution in [1.29, 1.82) is 0 Å². The van der Waals surface area contributed by atoms with Crippen LogP contribution < -0.4 is 5.56 Å². The molecule has 1 saturated heterocycles. The Labute approximate surface area is 218 Å². The monoisotopic (exact) mass is 519 g/mol. The molecule has 1 aliphatic heterocycles. The molecule has 0 spiro atoms.